The van der Waals surface area contributed by atoms with Crippen LogP contribution in [0.1, 0.15) is 38.2 Å². The molecule has 0 aromatic heterocycles. The summed E-state index contributed by atoms with van der Waals surface area (Å²) in [7, 11) is 0. The van der Waals surface area contributed by atoms with E-state index in [1.54, 1.807) is 6.92 Å². The number of nitrogens with zero attached hydrogens (tertiary/aromatic N) is 3. The van der Waals surface area contributed by atoms with Gasteiger partial charge in [-0.2, -0.15) is 0 Å². The van der Waals surface area contributed by atoms with Crippen LogP contribution in [0.5, 0.6) is 0 Å². The van der Waals surface area contributed by atoms with Gasteiger partial charge in [0.15, 0.2) is 0 Å². The highest BCUT2D eigenvalue weighted by molar-refractivity contribution is 5.76. The monoisotopic (exact) mass is 357 g/mol. The summed E-state index contributed by atoms with van der Waals surface area (Å²) in [6.07, 6.45) is 3.74. The summed E-state index contributed by atoms with van der Waals surface area (Å²) in [4.78, 5) is 30.5. The Labute approximate surface area is 156 Å². The molecule has 0 aliphatic carbocycles. The number of carbonyl (C=O) groups is 2. The van der Waals surface area contributed by atoms with Crippen molar-refractivity contribution < 1.29 is 9.59 Å². The van der Waals surface area contributed by atoms with Crippen molar-refractivity contribution in [1.82, 2.24) is 14.7 Å². The van der Waals surface area contributed by atoms with Crippen molar-refractivity contribution in [3.05, 3.63) is 35.9 Å². The Morgan fingerprint density at radius 1 is 1.00 bits per heavy atom. The van der Waals surface area contributed by atoms with E-state index in [2.05, 4.69) is 29.2 Å². The summed E-state index contributed by atoms with van der Waals surface area (Å²) in [5.74, 6) is 0.927. The number of piperazine rings is 1. The number of carbonyl (C=O) groups excluding carboxylic acids is 2. The van der Waals surface area contributed by atoms with E-state index in [1.807, 2.05) is 15.9 Å². The number of benzene rings is 1. The Kier molecular flexibility index (Phi) is 6.67. The van der Waals surface area contributed by atoms with Gasteiger partial charge in [0, 0.05) is 59.2 Å². The Hall–Kier alpha value is -1.88. The summed E-state index contributed by atoms with van der Waals surface area (Å²) in [5, 5.41) is 0. The highest BCUT2D eigenvalue weighted by Crippen LogP contribution is 2.22. The minimum absolute atomic E-state index is 0.163. The highest BCUT2D eigenvalue weighted by atomic mass is 16.2. The molecule has 1 aromatic carbocycles. The Morgan fingerprint density at radius 3 is 2.42 bits per heavy atom. The molecule has 2 saturated heterocycles. The predicted molar refractivity (Wildman–Crippen MR) is 103 cm³/mol. The largest absolute Gasteiger partial charge is 0.343 e. The van der Waals surface area contributed by atoms with Crippen LogP contribution in [0.2, 0.25) is 0 Å². The molecule has 1 atom stereocenters. The zero-order chi connectivity index (χ0) is 18.4. The van der Waals surface area contributed by atoms with Crippen molar-refractivity contribution in [1.29, 1.82) is 0 Å². The Morgan fingerprint density at radius 2 is 1.73 bits per heavy atom. The van der Waals surface area contributed by atoms with E-state index >= 15 is 0 Å². The second-order valence-corrected chi connectivity index (χ2v) is 7.65. The van der Waals surface area contributed by atoms with Crippen LogP contribution >= 0.6 is 0 Å². The lowest BCUT2D eigenvalue weighted by Gasteiger charge is -2.35. The van der Waals surface area contributed by atoms with Crippen molar-refractivity contribution in [2.45, 2.75) is 39.2 Å². The fourth-order valence-corrected chi connectivity index (χ4v) is 4.07. The van der Waals surface area contributed by atoms with Gasteiger partial charge in [0.05, 0.1) is 0 Å². The Balaban J connectivity index is 1.38. The molecule has 26 heavy (non-hydrogen) atoms. The first-order chi connectivity index (χ1) is 12.6. The van der Waals surface area contributed by atoms with Crippen molar-refractivity contribution in [2.24, 2.45) is 5.92 Å². The van der Waals surface area contributed by atoms with Gasteiger partial charge in [0.1, 0.15) is 0 Å². The van der Waals surface area contributed by atoms with Gasteiger partial charge in [-0.3, -0.25) is 14.5 Å². The molecule has 2 fully saturated rings. The SMILES string of the molecule is CC(=O)N1CCC[C@@H](CCC(=O)N2CCN(Cc3ccccc3)CC2)C1. The molecule has 5 nitrogen and oxygen atoms in total. The van der Waals surface area contributed by atoms with E-state index in [0.29, 0.717) is 12.3 Å². The molecule has 2 aliphatic rings. The van der Waals surface area contributed by atoms with Crippen molar-refractivity contribution in [3.8, 4) is 0 Å². The third-order valence-corrected chi connectivity index (χ3v) is 5.70. The van der Waals surface area contributed by atoms with Gasteiger partial charge < -0.3 is 9.80 Å². The summed E-state index contributed by atoms with van der Waals surface area (Å²) in [6, 6.07) is 10.5. The topological polar surface area (TPSA) is 43.9 Å². The number of hydrogen-bond acceptors (Lipinski definition) is 3. The Bertz CT molecular complexity index is 597. The second kappa shape index (κ2) is 9.17. The summed E-state index contributed by atoms with van der Waals surface area (Å²) in [5.41, 5.74) is 1.33. The van der Waals surface area contributed by atoms with E-state index < -0.39 is 0 Å². The summed E-state index contributed by atoms with van der Waals surface area (Å²) < 4.78 is 0. The van der Waals surface area contributed by atoms with Gasteiger partial charge in [0.25, 0.3) is 0 Å². The van der Waals surface area contributed by atoms with Crippen LogP contribution in [0.4, 0.5) is 0 Å². The zero-order valence-electron chi connectivity index (χ0n) is 15.9. The molecular formula is C21H31N3O2. The molecule has 1 aromatic rings. The lowest BCUT2D eigenvalue weighted by molar-refractivity contribution is -0.133. The molecule has 2 amide bonds. The molecule has 2 aliphatic heterocycles. The number of rotatable bonds is 5. The van der Waals surface area contributed by atoms with E-state index in [4.69, 9.17) is 0 Å². The van der Waals surface area contributed by atoms with E-state index in [1.165, 1.54) is 5.56 Å². The maximum atomic E-state index is 12.5. The molecule has 5 heteroatoms. The first-order valence-electron chi connectivity index (χ1n) is 9.91. The zero-order valence-corrected chi connectivity index (χ0v) is 15.9. The van der Waals surface area contributed by atoms with Crippen LogP contribution < -0.4 is 0 Å². The van der Waals surface area contributed by atoms with Crippen molar-refractivity contribution in [3.63, 3.8) is 0 Å². The quantitative estimate of drug-likeness (QED) is 0.813. The number of piperidine rings is 1. The molecule has 0 unspecified atom stereocenters. The van der Waals surface area contributed by atoms with Gasteiger partial charge >= 0.3 is 0 Å². The fraction of sp³-hybridized carbons (Fsp3) is 0.619. The minimum atomic E-state index is 0.163. The maximum Gasteiger partial charge on any atom is 0.222 e. The van der Waals surface area contributed by atoms with Gasteiger partial charge in [-0.05, 0) is 30.7 Å². The fourth-order valence-electron chi connectivity index (χ4n) is 4.07. The van der Waals surface area contributed by atoms with E-state index in [9.17, 15) is 9.59 Å². The van der Waals surface area contributed by atoms with Crippen LogP contribution in [-0.4, -0.2) is 65.8 Å². The van der Waals surface area contributed by atoms with Gasteiger partial charge in [0.2, 0.25) is 11.8 Å². The minimum Gasteiger partial charge on any atom is -0.343 e. The predicted octanol–water partition coefficient (Wildman–Crippen LogP) is 2.37. The van der Waals surface area contributed by atoms with Crippen molar-refractivity contribution in [2.75, 3.05) is 39.3 Å². The molecule has 0 spiro atoms. The molecule has 2 heterocycles. The average Bonchev–Trinajstić information content (AvgIpc) is 2.68. The van der Waals surface area contributed by atoms with Crippen LogP contribution in [0, 0.1) is 5.92 Å². The smallest absolute Gasteiger partial charge is 0.222 e. The van der Waals surface area contributed by atoms with Crippen LogP contribution in [0.3, 0.4) is 0 Å². The third kappa shape index (κ3) is 5.31. The summed E-state index contributed by atoms with van der Waals surface area (Å²) in [6.45, 7) is 7.86. The van der Waals surface area contributed by atoms with E-state index in [-0.39, 0.29) is 11.8 Å². The first-order valence-corrected chi connectivity index (χ1v) is 9.91. The van der Waals surface area contributed by atoms with Gasteiger partial charge in [-0.15, -0.1) is 0 Å². The van der Waals surface area contributed by atoms with Crippen LogP contribution in [-0.2, 0) is 16.1 Å². The molecule has 0 bridgehead atoms. The molecule has 0 saturated carbocycles. The highest BCUT2D eigenvalue weighted by Gasteiger charge is 2.25. The van der Waals surface area contributed by atoms with Gasteiger partial charge in [-0.25, -0.2) is 0 Å². The van der Waals surface area contributed by atoms with Crippen molar-refractivity contribution >= 4 is 11.8 Å². The maximum absolute atomic E-state index is 12.5. The number of likely N-dealkylation sites (tertiary alicyclic amines) is 1. The van der Waals surface area contributed by atoms with E-state index in [0.717, 1.165) is 65.1 Å². The second-order valence-electron chi connectivity index (χ2n) is 7.65. The summed E-state index contributed by atoms with van der Waals surface area (Å²) >= 11 is 0. The number of hydrogen-bond donors (Lipinski definition) is 0. The third-order valence-electron chi connectivity index (χ3n) is 5.70. The molecule has 0 radical (unpaired) electrons. The van der Waals surface area contributed by atoms with Crippen LogP contribution in [0.25, 0.3) is 0 Å². The standard InChI is InChI=1S/C21H31N3O2/c1-18(25)24-11-5-8-20(17-24)9-10-21(26)23-14-12-22(13-15-23)16-19-6-3-2-4-7-19/h2-4,6-7,20H,5,8-17H2,1H3/t20-/m0/s1. The molecule has 142 valence electrons. The molecule has 3 rings (SSSR count). The first kappa shape index (κ1) is 18.9. The molecule has 0 N–H and O–H groups in total. The van der Waals surface area contributed by atoms with Crippen LogP contribution in [0.15, 0.2) is 30.3 Å². The van der Waals surface area contributed by atoms with Gasteiger partial charge in [-0.1, -0.05) is 30.3 Å². The normalized spacial score (nSPS) is 21.7. The number of amides is 2. The molecular weight excluding hydrogens is 326 g/mol. The lowest BCUT2D eigenvalue weighted by atomic mass is 9.93. The average molecular weight is 357 g/mol. The lowest BCUT2D eigenvalue weighted by Crippen LogP contribution is -2.48.